The second-order valence-corrected chi connectivity index (χ2v) is 22.9. The molecular formula is C63H119NO13. The topological polar surface area (TPSA) is 228 Å². The van der Waals surface area contributed by atoms with Crippen LogP contribution in [-0.4, -0.2) is 140 Å². The van der Waals surface area contributed by atoms with E-state index in [9.17, 15) is 45.6 Å². The van der Waals surface area contributed by atoms with E-state index in [1.807, 2.05) is 6.08 Å². The molecule has 0 aromatic heterocycles. The summed E-state index contributed by atoms with van der Waals surface area (Å²) in [6, 6.07) is -0.927. The van der Waals surface area contributed by atoms with Crippen LogP contribution in [0.3, 0.4) is 0 Å². The van der Waals surface area contributed by atoms with E-state index in [0.717, 1.165) is 32.1 Å². The minimum Gasteiger partial charge on any atom is -0.394 e. The van der Waals surface area contributed by atoms with Gasteiger partial charge < -0.3 is 65.1 Å². The molecule has 77 heavy (non-hydrogen) atoms. The van der Waals surface area contributed by atoms with E-state index < -0.39 is 86.8 Å². The van der Waals surface area contributed by atoms with Gasteiger partial charge in [-0.1, -0.05) is 263 Å². The van der Waals surface area contributed by atoms with Crippen LogP contribution in [0, 0.1) is 0 Å². The molecule has 0 aromatic rings. The summed E-state index contributed by atoms with van der Waals surface area (Å²) in [6.45, 7) is 2.77. The van der Waals surface area contributed by atoms with Crippen LogP contribution in [0.2, 0.25) is 0 Å². The van der Waals surface area contributed by atoms with Crippen LogP contribution in [0.25, 0.3) is 0 Å². The quantitative estimate of drug-likeness (QED) is 0.0204. The van der Waals surface area contributed by atoms with E-state index in [0.29, 0.717) is 12.8 Å². The van der Waals surface area contributed by atoms with Gasteiger partial charge in [-0.05, 0) is 32.1 Å². The molecule has 2 aliphatic heterocycles. The van der Waals surface area contributed by atoms with E-state index in [4.69, 9.17) is 18.9 Å². The Morgan fingerprint density at radius 2 is 0.831 bits per heavy atom. The SMILES string of the molecule is CCCCCCC/C=C/CC/C=C/C(O)C(COC1OC(CO)C(OC2OC(CO)C(O)C(O)C2O)C(O)C1O)NC(=O)CCCCCCCCCCCCCCCCCCCCCCCCCCCCCCCCCC. The summed E-state index contributed by atoms with van der Waals surface area (Å²) in [4.78, 5) is 13.2. The van der Waals surface area contributed by atoms with E-state index >= 15 is 0 Å². The first-order valence-electron chi connectivity index (χ1n) is 32.1. The highest BCUT2D eigenvalue weighted by molar-refractivity contribution is 5.76. The number of carbonyl (C=O) groups is 1. The van der Waals surface area contributed by atoms with E-state index in [1.54, 1.807) is 6.08 Å². The van der Waals surface area contributed by atoms with Crippen LogP contribution in [0.5, 0.6) is 0 Å². The molecule has 12 unspecified atom stereocenters. The van der Waals surface area contributed by atoms with Gasteiger partial charge in [0, 0.05) is 6.42 Å². The summed E-state index contributed by atoms with van der Waals surface area (Å²) < 4.78 is 22.7. The lowest BCUT2D eigenvalue weighted by Crippen LogP contribution is -2.65. The highest BCUT2D eigenvalue weighted by atomic mass is 16.7. The zero-order valence-corrected chi connectivity index (χ0v) is 49.0. The third-order valence-corrected chi connectivity index (χ3v) is 15.9. The Labute approximate surface area is 468 Å². The van der Waals surface area contributed by atoms with Crippen LogP contribution in [0.15, 0.2) is 24.3 Å². The second kappa shape index (κ2) is 49.1. The van der Waals surface area contributed by atoms with Crippen molar-refractivity contribution in [2.45, 2.75) is 351 Å². The molecular weight excluding hydrogens is 979 g/mol. The molecule has 2 heterocycles. The van der Waals surface area contributed by atoms with Crippen LogP contribution in [0.4, 0.5) is 0 Å². The smallest absolute Gasteiger partial charge is 0.220 e. The van der Waals surface area contributed by atoms with Crippen molar-refractivity contribution >= 4 is 5.91 Å². The highest BCUT2D eigenvalue weighted by Crippen LogP contribution is 2.30. The number of nitrogens with one attached hydrogen (secondary N) is 1. The van der Waals surface area contributed by atoms with E-state index in [-0.39, 0.29) is 18.9 Å². The zero-order chi connectivity index (χ0) is 56.0. The molecule has 0 spiro atoms. The predicted molar refractivity (Wildman–Crippen MR) is 309 cm³/mol. The Morgan fingerprint density at radius 3 is 1.27 bits per heavy atom. The molecule has 0 aliphatic carbocycles. The van der Waals surface area contributed by atoms with E-state index in [2.05, 4.69) is 31.3 Å². The maximum absolute atomic E-state index is 13.2. The molecule has 2 fully saturated rings. The first-order chi connectivity index (χ1) is 37.6. The number of carbonyl (C=O) groups excluding carboxylic acids is 1. The fourth-order valence-electron chi connectivity index (χ4n) is 10.7. The molecule has 1 amide bonds. The number of unbranched alkanes of at least 4 members (excludes halogenated alkanes) is 37. The van der Waals surface area contributed by atoms with Gasteiger partial charge in [-0.3, -0.25) is 4.79 Å². The number of ether oxygens (including phenoxy) is 4. The van der Waals surface area contributed by atoms with Crippen molar-refractivity contribution in [2.24, 2.45) is 0 Å². The fourth-order valence-corrected chi connectivity index (χ4v) is 10.7. The van der Waals surface area contributed by atoms with Crippen molar-refractivity contribution in [1.29, 1.82) is 0 Å². The molecule has 12 atom stereocenters. The van der Waals surface area contributed by atoms with Gasteiger partial charge in [-0.25, -0.2) is 0 Å². The van der Waals surface area contributed by atoms with Crippen molar-refractivity contribution in [3.05, 3.63) is 24.3 Å². The van der Waals surface area contributed by atoms with Gasteiger partial charge in [0.2, 0.25) is 5.91 Å². The molecule has 0 bridgehead atoms. The normalized spacial score (nSPS) is 24.8. The lowest BCUT2D eigenvalue weighted by Gasteiger charge is -2.46. The molecule has 0 saturated carbocycles. The molecule has 0 aromatic carbocycles. The van der Waals surface area contributed by atoms with Crippen molar-refractivity contribution in [2.75, 3.05) is 19.8 Å². The summed E-state index contributed by atoms with van der Waals surface area (Å²) in [5, 5.41) is 86.9. The van der Waals surface area contributed by atoms with Gasteiger partial charge in [0.15, 0.2) is 12.6 Å². The molecule has 9 N–H and O–H groups in total. The first-order valence-corrected chi connectivity index (χ1v) is 32.1. The molecule has 2 saturated heterocycles. The van der Waals surface area contributed by atoms with Crippen molar-refractivity contribution in [3.63, 3.8) is 0 Å². The van der Waals surface area contributed by atoms with Gasteiger partial charge >= 0.3 is 0 Å². The molecule has 454 valence electrons. The monoisotopic (exact) mass is 1100 g/mol. The Kier molecular flexibility index (Phi) is 45.7. The lowest BCUT2D eigenvalue weighted by molar-refractivity contribution is -0.359. The number of hydrogen-bond donors (Lipinski definition) is 9. The molecule has 2 rings (SSSR count). The number of aliphatic hydroxyl groups is 8. The Bertz CT molecular complexity index is 1390. The lowest BCUT2D eigenvalue weighted by atomic mass is 9.97. The maximum atomic E-state index is 13.2. The first kappa shape index (κ1) is 71.6. The summed E-state index contributed by atoms with van der Waals surface area (Å²) in [7, 11) is 0. The van der Waals surface area contributed by atoms with Gasteiger partial charge in [0.05, 0.1) is 32.0 Å². The summed E-state index contributed by atoms with van der Waals surface area (Å²) in [5.74, 6) is -0.245. The molecule has 2 aliphatic rings. The zero-order valence-electron chi connectivity index (χ0n) is 49.0. The summed E-state index contributed by atoms with van der Waals surface area (Å²) in [5.41, 5.74) is 0. The van der Waals surface area contributed by atoms with Gasteiger partial charge in [-0.15, -0.1) is 0 Å². The van der Waals surface area contributed by atoms with Crippen molar-refractivity contribution < 1.29 is 64.6 Å². The van der Waals surface area contributed by atoms with Crippen molar-refractivity contribution in [1.82, 2.24) is 5.32 Å². The number of aliphatic hydroxyl groups excluding tert-OH is 8. The number of amides is 1. The van der Waals surface area contributed by atoms with Gasteiger partial charge in [-0.2, -0.15) is 0 Å². The van der Waals surface area contributed by atoms with Crippen LogP contribution in [-0.2, 0) is 23.7 Å². The van der Waals surface area contributed by atoms with Gasteiger partial charge in [0.25, 0.3) is 0 Å². The summed E-state index contributed by atoms with van der Waals surface area (Å²) in [6.07, 6.45) is 42.7. The standard InChI is InChI=1S/C63H119NO13/c1-3-5-7-9-11-13-15-16-17-18-19-20-21-22-23-24-25-26-27-28-29-30-31-32-33-34-35-37-39-41-43-45-47-55(68)64-51(52(67)46-44-42-40-38-36-14-12-10-8-6-4-2)50-74-62-60(73)58(71)61(54(49-66)76-62)77-63-59(72)57(70)56(69)53(48-65)75-63/h36,38,44,46,51-54,56-63,65-67,69-73H,3-35,37,39-43,45,47-50H2,1-2H3,(H,64,68)/b38-36+,46-44+. The molecule has 14 nitrogen and oxygen atoms in total. The number of rotatable bonds is 52. The minimum absolute atomic E-state index is 0.245. The van der Waals surface area contributed by atoms with Crippen molar-refractivity contribution in [3.8, 4) is 0 Å². The fraction of sp³-hybridized carbons (Fsp3) is 0.921. The Balaban J connectivity index is 1.61. The molecule has 14 heteroatoms. The third kappa shape index (κ3) is 34.5. The largest absolute Gasteiger partial charge is 0.394 e. The van der Waals surface area contributed by atoms with Crippen LogP contribution < -0.4 is 5.32 Å². The molecule has 0 radical (unpaired) electrons. The highest BCUT2D eigenvalue weighted by Gasteiger charge is 2.51. The van der Waals surface area contributed by atoms with Crippen LogP contribution >= 0.6 is 0 Å². The third-order valence-electron chi connectivity index (χ3n) is 15.9. The van der Waals surface area contributed by atoms with Gasteiger partial charge in [0.1, 0.15) is 48.8 Å². The Morgan fingerprint density at radius 1 is 0.455 bits per heavy atom. The summed E-state index contributed by atoms with van der Waals surface area (Å²) >= 11 is 0. The minimum atomic E-state index is -1.79. The number of hydrogen-bond acceptors (Lipinski definition) is 13. The number of allylic oxidation sites excluding steroid dienone is 3. The van der Waals surface area contributed by atoms with Crippen LogP contribution in [0.1, 0.15) is 277 Å². The Hall–Kier alpha value is -1.53. The maximum Gasteiger partial charge on any atom is 0.220 e. The van der Waals surface area contributed by atoms with E-state index in [1.165, 1.54) is 212 Å². The average Bonchev–Trinajstić information content (AvgIpc) is 3.44. The predicted octanol–water partition coefficient (Wildman–Crippen LogP) is 11.6. The average molecular weight is 1100 g/mol. The second-order valence-electron chi connectivity index (χ2n) is 22.9.